The second-order valence-electron chi connectivity index (χ2n) is 0.0845. The predicted molar refractivity (Wildman–Crippen MR) is 38.6 cm³/mol. The molecule has 0 fully saturated rings. The van der Waals surface area contributed by atoms with Gasteiger partial charge in [-0.3, -0.25) is 0 Å². The molecule has 0 aliphatic rings. The van der Waals surface area contributed by atoms with Gasteiger partial charge in [-0.05, 0) is 0 Å². The summed E-state index contributed by atoms with van der Waals surface area (Å²) in [6.07, 6.45) is 0. The van der Waals surface area contributed by atoms with Crippen molar-refractivity contribution in [3.63, 3.8) is 0 Å². The van der Waals surface area contributed by atoms with Crippen molar-refractivity contribution in [3.8, 4) is 0 Å². The van der Waals surface area contributed by atoms with Crippen molar-refractivity contribution in [1.29, 1.82) is 0 Å². The average Bonchev–Trinajstić information content (AvgIpc) is 0.918. The Morgan fingerprint density at radius 2 is 1.57 bits per heavy atom. The van der Waals surface area contributed by atoms with Gasteiger partial charge in [0.25, 0.3) is 0 Å². The van der Waals surface area contributed by atoms with Crippen molar-refractivity contribution in [3.05, 3.63) is 0 Å². The molecule has 7 heavy (non-hydrogen) atoms. The van der Waals surface area contributed by atoms with E-state index in [-0.39, 0.29) is 113 Å². The van der Waals surface area contributed by atoms with Crippen LogP contribution in [0.5, 0.6) is 0 Å². The zero-order chi connectivity index (χ0) is 2.71. The standard InChI is InChI=1S/Cr.H2IPSe.K.Mg.Mn.3H/c;1-2-3;;;;;;/h;2-3H;;;;;;/q;;+1;+2;;3*-1. The zero-order valence-corrected chi connectivity index (χ0v) is 15.8. The van der Waals surface area contributed by atoms with Crippen molar-refractivity contribution < 1.29 is 90.1 Å². The van der Waals surface area contributed by atoms with Gasteiger partial charge in [0.05, 0.1) is 0 Å². The van der Waals surface area contributed by atoms with E-state index in [4.69, 9.17) is 0 Å². The van der Waals surface area contributed by atoms with Gasteiger partial charge in [-0.1, -0.05) is 0 Å². The van der Waals surface area contributed by atoms with E-state index in [2.05, 4.69) is 37.6 Å². The first kappa shape index (κ1) is 29.6. The van der Waals surface area contributed by atoms with Gasteiger partial charge in [-0.2, -0.15) is 0 Å². The molecule has 0 aliphatic heterocycles. The van der Waals surface area contributed by atoms with Crippen LogP contribution >= 0.6 is 27.0 Å². The van der Waals surface area contributed by atoms with E-state index < -0.39 is 0 Å². The van der Waals surface area contributed by atoms with E-state index in [0.29, 0.717) is 0 Å². The number of hydrogen-bond acceptors (Lipinski definition) is 0. The van der Waals surface area contributed by atoms with Crippen molar-refractivity contribution >= 4 is 65.6 Å². The van der Waals surface area contributed by atoms with Crippen LogP contribution in [0.1, 0.15) is 4.28 Å². The van der Waals surface area contributed by atoms with E-state index in [1.807, 2.05) is 0 Å². The number of halogens is 1. The van der Waals surface area contributed by atoms with Gasteiger partial charge in [0.1, 0.15) is 0 Å². The molecule has 0 aromatic rings. The summed E-state index contributed by atoms with van der Waals surface area (Å²) < 4.78 is 0. The molecule has 0 aliphatic carbocycles. The van der Waals surface area contributed by atoms with Gasteiger partial charge in [0.15, 0.2) is 0 Å². The van der Waals surface area contributed by atoms with Crippen LogP contribution in [0.25, 0.3) is 0 Å². The topological polar surface area (TPSA) is 0 Å². The quantitative estimate of drug-likeness (QED) is 0.241. The Morgan fingerprint density at radius 3 is 1.57 bits per heavy atom. The SMILES string of the molecule is [Cr].[H-].[H-].[H-].[K+].[Mg+2].[Mn].[SeH]PI. The first-order valence-electron chi connectivity index (χ1n) is 0.413. The first-order chi connectivity index (χ1) is 1.41. The molecule has 0 rings (SSSR count). The Morgan fingerprint density at radius 1 is 1.57 bits per heavy atom. The third-order valence-electron chi connectivity index (χ3n) is 0. The van der Waals surface area contributed by atoms with E-state index in [0.717, 1.165) is 4.91 Å². The molecular formula is H5CrIKMgMnPSe. The van der Waals surface area contributed by atoms with Gasteiger partial charge >= 0.3 is 117 Å². The van der Waals surface area contributed by atoms with Crippen molar-refractivity contribution in [2.24, 2.45) is 0 Å². The molecule has 0 nitrogen and oxygen atoms in total. The molecule has 7 heteroatoms. The Labute approximate surface area is 152 Å². The Kier molecular flexibility index (Phi) is 128. The van der Waals surface area contributed by atoms with Crippen LogP contribution in [0, 0.1) is 0 Å². The monoisotopic (exact) mass is 413 g/mol. The minimum atomic E-state index is 0. The fourth-order valence-electron chi connectivity index (χ4n) is 0. The normalized spacial score (nSPS) is 4.29. The molecule has 0 heterocycles. The van der Waals surface area contributed by atoms with Crippen LogP contribution in [0.2, 0.25) is 0 Å². The average molecular weight is 412 g/mol. The summed E-state index contributed by atoms with van der Waals surface area (Å²) in [5.74, 6) is 0. The maximum atomic E-state index is 2.48. The van der Waals surface area contributed by atoms with Gasteiger partial charge in [0, 0.05) is 34.4 Å². The van der Waals surface area contributed by atoms with Gasteiger partial charge in [-0.25, -0.2) is 0 Å². The molecule has 1 radical (unpaired) electrons. The van der Waals surface area contributed by atoms with Crippen LogP contribution in [-0.2, 0) is 34.4 Å². The third kappa shape index (κ3) is 35.2. The van der Waals surface area contributed by atoms with Crippen molar-refractivity contribution in [2.75, 3.05) is 0 Å². The fourth-order valence-corrected chi connectivity index (χ4v) is 0. The Balaban J connectivity index is -0.000000000952. The fraction of sp³-hybridized carbons (Fsp3) is 0. The molecule has 0 aromatic heterocycles. The van der Waals surface area contributed by atoms with E-state index >= 15 is 0 Å². The molecule has 1 unspecified atom stereocenters. The summed E-state index contributed by atoms with van der Waals surface area (Å²) in [4.78, 5) is 0.991. The van der Waals surface area contributed by atoms with Gasteiger partial charge in [-0.15, -0.1) is 0 Å². The van der Waals surface area contributed by atoms with Crippen LogP contribution in [0.15, 0.2) is 0 Å². The molecule has 0 N–H and O–H groups in total. The summed E-state index contributed by atoms with van der Waals surface area (Å²) >= 11 is 4.77. The summed E-state index contributed by atoms with van der Waals surface area (Å²) in [5.41, 5.74) is 0. The predicted octanol–water partition coefficient (Wildman–Crippen LogP) is -2.21. The maximum absolute atomic E-state index is 2.48. The summed E-state index contributed by atoms with van der Waals surface area (Å²) in [6, 6.07) is 0. The van der Waals surface area contributed by atoms with Crippen molar-refractivity contribution in [1.82, 2.24) is 0 Å². The Bertz CT molecular complexity index is 28.5. The molecule has 0 aromatic carbocycles. The van der Waals surface area contributed by atoms with Crippen molar-refractivity contribution in [2.45, 2.75) is 0 Å². The van der Waals surface area contributed by atoms with Crippen LogP contribution < -0.4 is 51.4 Å². The van der Waals surface area contributed by atoms with Gasteiger partial charge in [0.2, 0.25) is 0 Å². The minimum absolute atomic E-state index is 0. The third-order valence-corrected chi connectivity index (χ3v) is 0. The molecule has 0 bridgehead atoms. The zero-order valence-electron chi connectivity index (χ0n) is 6.82. The first-order valence-corrected chi connectivity index (χ1v) is 7.29. The molecule has 0 spiro atoms. The molecule has 39 valence electrons. The summed E-state index contributed by atoms with van der Waals surface area (Å²) in [6.45, 7) is 0. The second kappa shape index (κ2) is 30.4. The molecule has 0 saturated carbocycles. The Hall–Kier alpha value is 5.13. The summed E-state index contributed by atoms with van der Waals surface area (Å²) in [7, 11) is 0. The second-order valence-corrected chi connectivity index (χ2v) is 8.84. The molecule has 0 amide bonds. The molecular weight excluding hydrogens is 407 g/mol. The van der Waals surface area contributed by atoms with Gasteiger partial charge < -0.3 is 4.28 Å². The number of hydrogen-bond donors (Lipinski definition) is 0. The molecule has 1 atom stereocenters. The van der Waals surface area contributed by atoms with Crippen LogP contribution in [-0.4, -0.2) is 38.6 Å². The van der Waals surface area contributed by atoms with E-state index in [1.165, 1.54) is 0 Å². The van der Waals surface area contributed by atoms with Crippen LogP contribution in [0.4, 0.5) is 0 Å². The van der Waals surface area contributed by atoms with E-state index in [1.54, 1.807) is 0 Å². The van der Waals surface area contributed by atoms with Crippen LogP contribution in [0.3, 0.4) is 0 Å². The number of rotatable bonds is 0. The van der Waals surface area contributed by atoms with E-state index in [9.17, 15) is 0 Å². The molecule has 0 saturated heterocycles. The summed E-state index contributed by atoms with van der Waals surface area (Å²) in [5, 5.41) is 0.